The Morgan fingerprint density at radius 1 is 1.03 bits per heavy atom. The lowest BCUT2D eigenvalue weighted by Crippen LogP contribution is -2.37. The quantitative estimate of drug-likeness (QED) is 0.650. The van der Waals surface area contributed by atoms with Gasteiger partial charge in [0.1, 0.15) is 0 Å². The Morgan fingerprint density at radius 2 is 1.87 bits per heavy atom. The third kappa shape index (κ3) is 2.46. The number of para-hydroxylation sites is 2. The first-order chi connectivity index (χ1) is 14.5. The Morgan fingerprint density at radius 3 is 2.67 bits per heavy atom. The van der Waals surface area contributed by atoms with Crippen molar-refractivity contribution in [2.24, 2.45) is 5.92 Å². The standard InChI is InChI=1S/C22H22N4O3S/c27-21(15-4-3-5-15)24-11-10-16-14-17(8-9-19(16)24)30(28,29)26-13-12-25-20-7-2-1-6-18(20)23-22(25)26/h1-2,6-9,14-15H,3-5,10-13H2. The van der Waals surface area contributed by atoms with Gasteiger partial charge in [-0.25, -0.2) is 17.7 Å². The van der Waals surface area contributed by atoms with Gasteiger partial charge in [-0.05, 0) is 55.2 Å². The first-order valence-corrected chi connectivity index (χ1v) is 11.9. The summed E-state index contributed by atoms with van der Waals surface area (Å²) in [5.41, 5.74) is 3.53. The Hall–Kier alpha value is -2.87. The fourth-order valence-electron chi connectivity index (χ4n) is 4.76. The summed E-state index contributed by atoms with van der Waals surface area (Å²) in [6.45, 7) is 1.59. The summed E-state index contributed by atoms with van der Waals surface area (Å²) < 4.78 is 30.3. The monoisotopic (exact) mass is 422 g/mol. The second-order valence-corrected chi connectivity index (χ2v) is 10.1. The van der Waals surface area contributed by atoms with Crippen LogP contribution in [0.2, 0.25) is 0 Å². The fraction of sp³-hybridized carbons (Fsp3) is 0.364. The van der Waals surface area contributed by atoms with Gasteiger partial charge in [-0.1, -0.05) is 18.6 Å². The minimum atomic E-state index is -3.72. The van der Waals surface area contributed by atoms with Crippen molar-refractivity contribution in [3.63, 3.8) is 0 Å². The molecule has 3 heterocycles. The molecule has 154 valence electrons. The third-order valence-corrected chi connectivity index (χ3v) is 8.41. The first kappa shape index (κ1) is 17.9. The highest BCUT2D eigenvalue weighted by atomic mass is 32.2. The van der Waals surface area contributed by atoms with Crippen molar-refractivity contribution in [1.82, 2.24) is 9.55 Å². The number of aromatic nitrogens is 2. The van der Waals surface area contributed by atoms with Gasteiger partial charge < -0.3 is 9.47 Å². The molecule has 7 nitrogen and oxygen atoms in total. The number of fused-ring (bicyclic) bond motifs is 4. The first-order valence-electron chi connectivity index (χ1n) is 10.5. The molecule has 3 aromatic rings. The van der Waals surface area contributed by atoms with Gasteiger partial charge in [0.05, 0.1) is 22.5 Å². The fourth-order valence-corrected chi connectivity index (χ4v) is 6.22. The lowest BCUT2D eigenvalue weighted by atomic mass is 9.84. The molecule has 0 radical (unpaired) electrons. The topological polar surface area (TPSA) is 75.5 Å². The number of rotatable bonds is 3. The van der Waals surface area contributed by atoms with Crippen LogP contribution in [-0.4, -0.2) is 37.0 Å². The van der Waals surface area contributed by atoms with Gasteiger partial charge in [0, 0.05) is 24.7 Å². The highest BCUT2D eigenvalue weighted by Crippen LogP contribution is 2.37. The van der Waals surface area contributed by atoms with E-state index in [4.69, 9.17) is 0 Å². The number of hydrogen-bond acceptors (Lipinski definition) is 4. The third-order valence-electron chi connectivity index (χ3n) is 6.64. The summed E-state index contributed by atoms with van der Waals surface area (Å²) in [6.07, 6.45) is 3.74. The van der Waals surface area contributed by atoms with Crippen LogP contribution in [0.3, 0.4) is 0 Å². The van der Waals surface area contributed by atoms with Crippen molar-refractivity contribution in [3.8, 4) is 0 Å². The molecule has 1 saturated carbocycles. The Kier molecular flexibility index (Phi) is 3.78. The molecule has 2 aromatic carbocycles. The second-order valence-electron chi connectivity index (χ2n) is 8.29. The molecule has 6 rings (SSSR count). The maximum absolute atomic E-state index is 13.4. The molecule has 3 aliphatic rings. The van der Waals surface area contributed by atoms with Crippen LogP contribution in [0.1, 0.15) is 24.8 Å². The molecule has 1 aromatic heterocycles. The van der Waals surface area contributed by atoms with Gasteiger partial charge in [-0.15, -0.1) is 0 Å². The number of imidazole rings is 1. The van der Waals surface area contributed by atoms with E-state index in [1.807, 2.05) is 33.7 Å². The number of benzene rings is 2. The van der Waals surface area contributed by atoms with Crippen LogP contribution < -0.4 is 9.21 Å². The van der Waals surface area contributed by atoms with E-state index in [1.165, 1.54) is 4.31 Å². The zero-order valence-electron chi connectivity index (χ0n) is 16.5. The van der Waals surface area contributed by atoms with Crippen LogP contribution in [0, 0.1) is 5.92 Å². The SMILES string of the molecule is O=C(C1CCC1)N1CCc2cc(S(=O)(=O)N3CCn4c3nc3ccccc34)ccc21. The molecule has 0 unspecified atom stereocenters. The van der Waals surface area contributed by atoms with Crippen LogP contribution >= 0.6 is 0 Å². The van der Waals surface area contributed by atoms with Crippen molar-refractivity contribution >= 4 is 38.6 Å². The van der Waals surface area contributed by atoms with Gasteiger partial charge in [0.2, 0.25) is 11.9 Å². The number of nitrogens with zero attached hydrogens (tertiary/aromatic N) is 4. The average molecular weight is 423 g/mol. The molecule has 0 spiro atoms. The van der Waals surface area contributed by atoms with Gasteiger partial charge in [0.15, 0.2) is 0 Å². The molecule has 1 fully saturated rings. The highest BCUT2D eigenvalue weighted by Gasteiger charge is 2.36. The van der Waals surface area contributed by atoms with Crippen molar-refractivity contribution in [2.75, 3.05) is 22.3 Å². The van der Waals surface area contributed by atoms with Crippen molar-refractivity contribution in [1.29, 1.82) is 0 Å². The van der Waals surface area contributed by atoms with E-state index < -0.39 is 10.0 Å². The normalized spacial score (nSPS) is 18.5. The minimum Gasteiger partial charge on any atom is -0.312 e. The summed E-state index contributed by atoms with van der Waals surface area (Å²) in [7, 11) is -3.72. The molecule has 30 heavy (non-hydrogen) atoms. The zero-order valence-corrected chi connectivity index (χ0v) is 17.3. The molecule has 0 saturated heterocycles. The Bertz CT molecular complexity index is 1290. The number of carbonyl (C=O) groups excluding carboxylic acids is 1. The number of anilines is 2. The van der Waals surface area contributed by atoms with Crippen molar-refractivity contribution < 1.29 is 13.2 Å². The summed E-state index contributed by atoms with van der Waals surface area (Å²) in [6, 6.07) is 12.9. The molecule has 0 N–H and O–H groups in total. The van der Waals surface area contributed by atoms with Gasteiger partial charge in [-0.3, -0.25) is 4.79 Å². The van der Waals surface area contributed by atoms with Gasteiger partial charge in [0.25, 0.3) is 10.0 Å². The average Bonchev–Trinajstić information content (AvgIpc) is 3.39. The highest BCUT2D eigenvalue weighted by molar-refractivity contribution is 7.92. The van der Waals surface area contributed by atoms with Crippen LogP contribution in [0.4, 0.5) is 11.6 Å². The molecule has 2 aliphatic heterocycles. The predicted octanol–water partition coefficient (Wildman–Crippen LogP) is 2.93. The molecule has 8 heteroatoms. The van der Waals surface area contributed by atoms with Crippen molar-refractivity contribution in [3.05, 3.63) is 48.0 Å². The van der Waals surface area contributed by atoms with Crippen molar-refractivity contribution in [2.45, 2.75) is 37.1 Å². The van der Waals surface area contributed by atoms with E-state index in [1.54, 1.807) is 18.2 Å². The minimum absolute atomic E-state index is 0.136. The van der Waals surface area contributed by atoms with E-state index in [-0.39, 0.29) is 16.7 Å². The van der Waals surface area contributed by atoms with E-state index >= 15 is 0 Å². The number of carbonyl (C=O) groups is 1. The maximum atomic E-state index is 13.4. The molecule has 1 amide bonds. The number of amides is 1. The Balaban J connectivity index is 1.34. The number of sulfonamides is 1. The molecule has 0 atom stereocenters. The molecule has 0 bridgehead atoms. The van der Waals surface area contributed by atoms with E-state index in [0.717, 1.165) is 41.5 Å². The molecule has 1 aliphatic carbocycles. The number of hydrogen-bond donors (Lipinski definition) is 0. The largest absolute Gasteiger partial charge is 0.312 e. The van der Waals surface area contributed by atoms with Crippen LogP contribution in [0.5, 0.6) is 0 Å². The lowest BCUT2D eigenvalue weighted by molar-refractivity contribution is -0.124. The Labute approximate surface area is 175 Å². The molecular weight excluding hydrogens is 400 g/mol. The summed E-state index contributed by atoms with van der Waals surface area (Å²) in [5.74, 6) is 0.791. The van der Waals surface area contributed by atoms with E-state index in [9.17, 15) is 13.2 Å². The van der Waals surface area contributed by atoms with Crippen LogP contribution in [0.25, 0.3) is 11.0 Å². The van der Waals surface area contributed by atoms with Gasteiger partial charge >= 0.3 is 0 Å². The lowest BCUT2D eigenvalue weighted by Gasteiger charge is -2.29. The van der Waals surface area contributed by atoms with Crippen LogP contribution in [-0.2, 0) is 27.8 Å². The van der Waals surface area contributed by atoms with Crippen LogP contribution in [0.15, 0.2) is 47.4 Å². The summed E-state index contributed by atoms with van der Waals surface area (Å²) in [4.78, 5) is 19.4. The van der Waals surface area contributed by atoms with E-state index in [2.05, 4.69) is 4.98 Å². The van der Waals surface area contributed by atoms with E-state index in [0.29, 0.717) is 32.0 Å². The predicted molar refractivity (Wildman–Crippen MR) is 114 cm³/mol. The zero-order chi connectivity index (χ0) is 20.5. The smallest absolute Gasteiger partial charge is 0.266 e. The van der Waals surface area contributed by atoms with Gasteiger partial charge in [-0.2, -0.15) is 0 Å². The summed E-state index contributed by atoms with van der Waals surface area (Å²) in [5, 5.41) is 0. The molecular formula is C22H22N4O3S. The second kappa shape index (κ2) is 6.31. The maximum Gasteiger partial charge on any atom is 0.266 e. The summed E-state index contributed by atoms with van der Waals surface area (Å²) >= 11 is 0.